The molecule has 0 spiro atoms. The second kappa shape index (κ2) is 18.5. The topological polar surface area (TPSA) is 32.8 Å². The molecule has 0 bridgehead atoms. The first-order valence-electron chi connectivity index (χ1n) is 28.4. The third-order valence-electron chi connectivity index (χ3n) is 17.4. The van der Waals surface area contributed by atoms with Gasteiger partial charge < -0.3 is 18.6 Å². The number of rotatable bonds is 10. The summed E-state index contributed by atoms with van der Waals surface area (Å²) in [7, 11) is 0. The lowest BCUT2D eigenvalue weighted by molar-refractivity contribution is 0.663. The SMILES string of the molecule is CCc1cccc2c1oc1c(N(c3ccccc3)c3ccc4c5c(ccc4c3)-c3c(c4ccc(N(c6ccccc6)c6cccc7c6oc6c(CC)cccc67)cc4c4ccccc34)C5(c3ccccc3)c3ccccc3)cccc12. The third-order valence-corrected chi connectivity index (χ3v) is 17.4. The first kappa shape index (κ1) is 46.9. The summed E-state index contributed by atoms with van der Waals surface area (Å²) in [5.41, 5.74) is 19.1. The molecule has 0 unspecified atom stereocenters. The van der Waals surface area contributed by atoms with E-state index in [-0.39, 0.29) is 0 Å². The van der Waals surface area contributed by atoms with E-state index in [1.165, 1.54) is 71.4 Å². The van der Waals surface area contributed by atoms with Gasteiger partial charge in [0.05, 0.1) is 16.8 Å². The van der Waals surface area contributed by atoms with Crippen molar-refractivity contribution >= 4 is 110 Å². The largest absolute Gasteiger partial charge is 0.454 e. The van der Waals surface area contributed by atoms with E-state index in [0.29, 0.717) is 0 Å². The normalized spacial score (nSPS) is 12.8. The highest BCUT2D eigenvalue weighted by Crippen LogP contribution is 2.62. The van der Waals surface area contributed by atoms with Crippen LogP contribution in [-0.2, 0) is 18.3 Å². The zero-order chi connectivity index (χ0) is 53.8. The molecule has 0 fully saturated rings. The molecule has 0 saturated heterocycles. The van der Waals surface area contributed by atoms with Crippen LogP contribution < -0.4 is 9.80 Å². The molecule has 13 aromatic carbocycles. The molecular formula is C77H54N2O2. The van der Waals surface area contributed by atoms with Crippen LogP contribution in [0.3, 0.4) is 0 Å². The van der Waals surface area contributed by atoms with Crippen LogP contribution in [0, 0.1) is 0 Å². The molecule has 0 aliphatic heterocycles. The molecule has 0 atom stereocenters. The molecule has 2 aromatic heterocycles. The van der Waals surface area contributed by atoms with E-state index in [1.807, 2.05) is 0 Å². The highest BCUT2D eigenvalue weighted by Gasteiger charge is 2.49. The van der Waals surface area contributed by atoms with Gasteiger partial charge in [0.25, 0.3) is 0 Å². The van der Waals surface area contributed by atoms with E-state index >= 15 is 0 Å². The van der Waals surface area contributed by atoms with Crippen LogP contribution in [0.4, 0.5) is 34.1 Å². The summed E-state index contributed by atoms with van der Waals surface area (Å²) in [6.07, 6.45) is 1.78. The van der Waals surface area contributed by atoms with Gasteiger partial charge in [-0.2, -0.15) is 0 Å². The molecule has 384 valence electrons. The minimum atomic E-state index is -0.732. The molecule has 0 N–H and O–H groups in total. The van der Waals surface area contributed by atoms with Gasteiger partial charge in [0.1, 0.15) is 11.2 Å². The van der Waals surface area contributed by atoms with E-state index in [4.69, 9.17) is 8.83 Å². The first-order valence-corrected chi connectivity index (χ1v) is 28.4. The van der Waals surface area contributed by atoms with Gasteiger partial charge in [-0.05, 0) is 150 Å². The fraction of sp³-hybridized carbons (Fsp3) is 0.0649. The van der Waals surface area contributed by atoms with E-state index < -0.39 is 5.41 Å². The summed E-state index contributed by atoms with van der Waals surface area (Å²) in [4.78, 5) is 4.75. The number of aryl methyl sites for hydroxylation is 2. The van der Waals surface area contributed by atoms with Crippen molar-refractivity contribution in [1.29, 1.82) is 0 Å². The number of anilines is 6. The molecule has 4 nitrogen and oxygen atoms in total. The van der Waals surface area contributed by atoms with Crippen molar-refractivity contribution in [2.75, 3.05) is 9.80 Å². The van der Waals surface area contributed by atoms with Gasteiger partial charge in [-0.15, -0.1) is 0 Å². The molecule has 4 heteroatoms. The Morgan fingerprint density at radius 2 is 0.753 bits per heavy atom. The number of hydrogen-bond donors (Lipinski definition) is 0. The van der Waals surface area contributed by atoms with Crippen molar-refractivity contribution in [2.45, 2.75) is 32.1 Å². The van der Waals surface area contributed by atoms with Gasteiger partial charge >= 0.3 is 0 Å². The van der Waals surface area contributed by atoms with E-state index in [9.17, 15) is 0 Å². The Hall–Kier alpha value is -10.2. The zero-order valence-electron chi connectivity index (χ0n) is 45.0. The highest BCUT2D eigenvalue weighted by atomic mass is 16.3. The molecule has 0 amide bonds. The Morgan fingerprint density at radius 1 is 0.309 bits per heavy atom. The molecule has 1 aliphatic rings. The van der Waals surface area contributed by atoms with Gasteiger partial charge in [-0.1, -0.05) is 220 Å². The Bertz CT molecular complexity index is 4920. The maximum Gasteiger partial charge on any atom is 0.159 e. The quantitative estimate of drug-likeness (QED) is 0.128. The average molecular weight is 1040 g/mol. The van der Waals surface area contributed by atoms with Crippen molar-refractivity contribution < 1.29 is 8.83 Å². The van der Waals surface area contributed by atoms with Crippen LogP contribution in [0.2, 0.25) is 0 Å². The number of fused-ring (bicyclic) bond motifs is 16. The Labute approximate surface area is 470 Å². The van der Waals surface area contributed by atoms with Crippen LogP contribution in [0.15, 0.2) is 276 Å². The third kappa shape index (κ3) is 6.90. The lowest BCUT2D eigenvalue weighted by Gasteiger charge is -2.36. The fourth-order valence-electron chi connectivity index (χ4n) is 13.9. The van der Waals surface area contributed by atoms with Crippen molar-refractivity contribution in [2.24, 2.45) is 0 Å². The van der Waals surface area contributed by atoms with Crippen LogP contribution in [0.25, 0.3) is 87.3 Å². The van der Waals surface area contributed by atoms with Crippen LogP contribution in [0.1, 0.15) is 47.2 Å². The summed E-state index contributed by atoms with van der Waals surface area (Å²) < 4.78 is 14.0. The predicted molar refractivity (Wildman–Crippen MR) is 339 cm³/mol. The van der Waals surface area contributed by atoms with Crippen molar-refractivity contribution in [3.8, 4) is 11.1 Å². The first-order chi connectivity index (χ1) is 40.1. The molecule has 2 heterocycles. The van der Waals surface area contributed by atoms with Crippen molar-refractivity contribution in [3.05, 3.63) is 300 Å². The van der Waals surface area contributed by atoms with Gasteiger partial charge in [0.15, 0.2) is 11.2 Å². The monoisotopic (exact) mass is 1040 g/mol. The summed E-state index contributed by atoms with van der Waals surface area (Å²) in [5, 5.41) is 11.7. The Balaban J connectivity index is 0.962. The molecule has 0 radical (unpaired) electrons. The molecule has 1 aliphatic carbocycles. The summed E-state index contributed by atoms with van der Waals surface area (Å²) >= 11 is 0. The van der Waals surface area contributed by atoms with Gasteiger partial charge in [0, 0.05) is 44.3 Å². The van der Waals surface area contributed by atoms with E-state index in [1.54, 1.807) is 0 Å². The number of hydrogen-bond acceptors (Lipinski definition) is 4. The number of benzene rings is 13. The minimum Gasteiger partial charge on any atom is -0.454 e. The molecule has 16 rings (SSSR count). The zero-order valence-corrected chi connectivity index (χ0v) is 45.0. The maximum atomic E-state index is 7.00. The molecule has 15 aromatic rings. The molecular weight excluding hydrogens is 985 g/mol. The molecule has 81 heavy (non-hydrogen) atoms. The van der Waals surface area contributed by atoms with Crippen LogP contribution in [0.5, 0.6) is 0 Å². The summed E-state index contributed by atoms with van der Waals surface area (Å²) in [6, 6.07) is 98.3. The smallest absolute Gasteiger partial charge is 0.159 e. The second-order valence-electron chi connectivity index (χ2n) is 21.5. The lowest BCUT2D eigenvalue weighted by atomic mass is 9.65. The van der Waals surface area contributed by atoms with Crippen LogP contribution in [-0.4, -0.2) is 0 Å². The molecule has 0 saturated carbocycles. The number of para-hydroxylation sites is 6. The van der Waals surface area contributed by atoms with Crippen molar-refractivity contribution in [3.63, 3.8) is 0 Å². The Kier molecular flexibility index (Phi) is 10.7. The van der Waals surface area contributed by atoms with Crippen molar-refractivity contribution in [1.82, 2.24) is 0 Å². The van der Waals surface area contributed by atoms with E-state index in [0.717, 1.165) is 96.2 Å². The van der Waals surface area contributed by atoms with Crippen LogP contribution >= 0.6 is 0 Å². The number of nitrogens with zero attached hydrogens (tertiary/aromatic N) is 2. The maximum absolute atomic E-state index is 7.00. The lowest BCUT2D eigenvalue weighted by Crippen LogP contribution is -2.29. The van der Waals surface area contributed by atoms with E-state index in [2.05, 4.69) is 291 Å². The van der Waals surface area contributed by atoms with Gasteiger partial charge in [0.2, 0.25) is 0 Å². The van der Waals surface area contributed by atoms with Gasteiger partial charge in [-0.3, -0.25) is 0 Å². The predicted octanol–water partition coefficient (Wildman–Crippen LogP) is 21.4. The fourth-order valence-corrected chi connectivity index (χ4v) is 13.9. The summed E-state index contributed by atoms with van der Waals surface area (Å²) in [5.74, 6) is 0. The number of furan rings is 2. The second-order valence-corrected chi connectivity index (χ2v) is 21.5. The summed E-state index contributed by atoms with van der Waals surface area (Å²) in [6.45, 7) is 4.39. The average Bonchev–Trinajstić information content (AvgIpc) is 3.76. The van der Waals surface area contributed by atoms with Gasteiger partial charge in [-0.25, -0.2) is 0 Å². The standard InChI is InChI=1S/C77H54N2O2/c1-3-49-23-19-35-62-64-37-21-39-68(75(64)80-73(49)62)78(54-29-13-7-14-30-54)56-42-45-58-51(47-56)41-44-66-70-60-34-18-17-33-59(60)67-48-57(43-46-61(67)72(70)77(71(58)66,52-25-9-5-10-26-52)53-27-11-6-12-28-53)79(55-31-15-8-16-32-55)69-40-22-38-65-63-36-20-24-50(4-2)74(63)81-76(65)69/h5-48H,3-4H2,1-2H3. The minimum absolute atomic E-state index is 0.732. The highest BCUT2D eigenvalue weighted by molar-refractivity contribution is 6.22. The Morgan fingerprint density at radius 3 is 1.28 bits per heavy atom.